The van der Waals surface area contributed by atoms with Crippen LogP contribution in [-0.4, -0.2) is 12.1 Å². The van der Waals surface area contributed by atoms with Crippen LogP contribution >= 0.6 is 15.9 Å². The number of pyridine rings is 1. The van der Waals surface area contributed by atoms with Crippen LogP contribution in [0.15, 0.2) is 41.0 Å². The molecule has 0 fully saturated rings. The van der Waals surface area contributed by atoms with Gasteiger partial charge in [-0.05, 0) is 51.8 Å². The van der Waals surface area contributed by atoms with E-state index in [1.807, 2.05) is 30.3 Å². The van der Waals surface area contributed by atoms with Crippen LogP contribution in [0.4, 0.5) is 0 Å². The van der Waals surface area contributed by atoms with Gasteiger partial charge in [-0.2, -0.15) is 0 Å². The molecule has 0 unspecified atom stereocenters. The summed E-state index contributed by atoms with van der Waals surface area (Å²) >= 11 is 3.51. The van der Waals surface area contributed by atoms with Gasteiger partial charge in [0.05, 0.1) is 12.8 Å². The maximum atomic E-state index is 5.57. The zero-order valence-electron chi connectivity index (χ0n) is 9.48. The summed E-state index contributed by atoms with van der Waals surface area (Å²) in [6, 6.07) is 9.79. The standard InChI is InChI=1S/C13H13BrN2O/c1-17-11-4-2-10(3-5-11)13-12(14)6-9(7-15)8-16-13/h2-6,8H,7,15H2,1H3. The largest absolute Gasteiger partial charge is 0.497 e. The molecule has 2 aromatic rings. The van der Waals surface area contributed by atoms with Gasteiger partial charge in [-0.15, -0.1) is 0 Å². The maximum Gasteiger partial charge on any atom is 0.118 e. The molecule has 0 spiro atoms. The molecule has 0 amide bonds. The van der Waals surface area contributed by atoms with Gasteiger partial charge in [0, 0.05) is 22.8 Å². The average molecular weight is 293 g/mol. The average Bonchev–Trinajstić information content (AvgIpc) is 2.39. The zero-order chi connectivity index (χ0) is 12.3. The van der Waals surface area contributed by atoms with Gasteiger partial charge in [-0.3, -0.25) is 4.98 Å². The van der Waals surface area contributed by atoms with Crippen molar-refractivity contribution in [2.75, 3.05) is 7.11 Å². The number of methoxy groups -OCH3 is 1. The monoisotopic (exact) mass is 292 g/mol. The number of ether oxygens (including phenoxy) is 1. The molecule has 4 heteroatoms. The van der Waals surface area contributed by atoms with Crippen LogP contribution in [-0.2, 0) is 6.54 Å². The smallest absolute Gasteiger partial charge is 0.118 e. The molecule has 17 heavy (non-hydrogen) atoms. The third kappa shape index (κ3) is 2.65. The van der Waals surface area contributed by atoms with E-state index in [0.29, 0.717) is 6.54 Å². The van der Waals surface area contributed by atoms with E-state index in [9.17, 15) is 0 Å². The number of rotatable bonds is 3. The van der Waals surface area contributed by atoms with Crippen molar-refractivity contribution in [1.82, 2.24) is 4.98 Å². The van der Waals surface area contributed by atoms with Crippen molar-refractivity contribution in [3.05, 3.63) is 46.6 Å². The lowest BCUT2D eigenvalue weighted by Crippen LogP contribution is -1.98. The quantitative estimate of drug-likeness (QED) is 0.946. The fourth-order valence-corrected chi connectivity index (χ4v) is 2.18. The highest BCUT2D eigenvalue weighted by Crippen LogP contribution is 2.28. The second-order valence-electron chi connectivity index (χ2n) is 3.61. The van der Waals surface area contributed by atoms with Crippen molar-refractivity contribution in [1.29, 1.82) is 0 Å². The Bertz CT molecular complexity index is 511. The summed E-state index contributed by atoms with van der Waals surface area (Å²) in [7, 11) is 1.65. The summed E-state index contributed by atoms with van der Waals surface area (Å²) in [6.07, 6.45) is 1.80. The third-order valence-corrected chi connectivity index (χ3v) is 3.10. The van der Waals surface area contributed by atoms with E-state index in [1.165, 1.54) is 0 Å². The number of benzene rings is 1. The topological polar surface area (TPSA) is 48.1 Å². The van der Waals surface area contributed by atoms with E-state index in [2.05, 4.69) is 20.9 Å². The molecule has 3 nitrogen and oxygen atoms in total. The van der Waals surface area contributed by atoms with Crippen LogP contribution in [0.25, 0.3) is 11.3 Å². The molecule has 1 aromatic heterocycles. The van der Waals surface area contributed by atoms with Crippen LogP contribution in [0.5, 0.6) is 5.75 Å². The van der Waals surface area contributed by atoms with E-state index in [0.717, 1.165) is 27.0 Å². The van der Waals surface area contributed by atoms with Gasteiger partial charge in [-0.1, -0.05) is 0 Å². The summed E-state index contributed by atoms with van der Waals surface area (Å²) in [5.74, 6) is 0.837. The number of halogens is 1. The highest BCUT2D eigenvalue weighted by Gasteiger charge is 2.05. The number of hydrogen-bond donors (Lipinski definition) is 1. The molecule has 88 valence electrons. The second-order valence-corrected chi connectivity index (χ2v) is 4.46. The maximum absolute atomic E-state index is 5.57. The van der Waals surface area contributed by atoms with E-state index < -0.39 is 0 Å². The first kappa shape index (κ1) is 12.1. The highest BCUT2D eigenvalue weighted by molar-refractivity contribution is 9.10. The molecule has 2 N–H and O–H groups in total. The summed E-state index contributed by atoms with van der Waals surface area (Å²) < 4.78 is 6.07. The summed E-state index contributed by atoms with van der Waals surface area (Å²) in [4.78, 5) is 4.41. The molecule has 0 bridgehead atoms. The van der Waals surface area contributed by atoms with Crippen molar-refractivity contribution in [3.8, 4) is 17.0 Å². The lowest BCUT2D eigenvalue weighted by Gasteiger charge is -2.06. The zero-order valence-corrected chi connectivity index (χ0v) is 11.1. The molecule has 0 aliphatic heterocycles. The van der Waals surface area contributed by atoms with Crippen LogP contribution in [0.1, 0.15) is 5.56 Å². The Morgan fingerprint density at radius 1 is 1.29 bits per heavy atom. The van der Waals surface area contributed by atoms with Crippen LogP contribution in [0.3, 0.4) is 0 Å². The summed E-state index contributed by atoms with van der Waals surface area (Å²) in [5.41, 5.74) is 8.53. The van der Waals surface area contributed by atoms with Crippen molar-refractivity contribution in [2.45, 2.75) is 6.54 Å². The Morgan fingerprint density at radius 3 is 2.53 bits per heavy atom. The Morgan fingerprint density at radius 2 is 2.00 bits per heavy atom. The van der Waals surface area contributed by atoms with Crippen molar-refractivity contribution in [2.24, 2.45) is 5.73 Å². The molecule has 1 heterocycles. The molecule has 2 rings (SSSR count). The van der Waals surface area contributed by atoms with Crippen LogP contribution in [0.2, 0.25) is 0 Å². The first-order chi connectivity index (χ1) is 8.24. The van der Waals surface area contributed by atoms with E-state index in [4.69, 9.17) is 10.5 Å². The minimum atomic E-state index is 0.495. The fourth-order valence-electron chi connectivity index (χ4n) is 1.55. The first-order valence-corrected chi connectivity index (χ1v) is 6.03. The first-order valence-electron chi connectivity index (χ1n) is 5.23. The Balaban J connectivity index is 2.38. The lowest BCUT2D eigenvalue weighted by molar-refractivity contribution is 0.415. The van der Waals surface area contributed by atoms with Gasteiger partial charge >= 0.3 is 0 Å². The van der Waals surface area contributed by atoms with Crippen molar-refractivity contribution < 1.29 is 4.74 Å². The summed E-state index contributed by atoms with van der Waals surface area (Å²) in [6.45, 7) is 0.495. The molecule has 0 saturated carbocycles. The Hall–Kier alpha value is -1.39. The fraction of sp³-hybridized carbons (Fsp3) is 0.154. The van der Waals surface area contributed by atoms with E-state index >= 15 is 0 Å². The van der Waals surface area contributed by atoms with Crippen molar-refractivity contribution in [3.63, 3.8) is 0 Å². The highest BCUT2D eigenvalue weighted by atomic mass is 79.9. The molecule has 0 radical (unpaired) electrons. The summed E-state index contributed by atoms with van der Waals surface area (Å²) in [5, 5.41) is 0. The predicted molar refractivity (Wildman–Crippen MR) is 71.8 cm³/mol. The van der Waals surface area contributed by atoms with Gasteiger partial charge < -0.3 is 10.5 Å². The molecule has 0 aliphatic carbocycles. The Labute approximate surface area is 109 Å². The number of nitrogens with two attached hydrogens (primary N) is 1. The van der Waals surface area contributed by atoms with Gasteiger partial charge in [0.1, 0.15) is 5.75 Å². The van der Waals surface area contributed by atoms with Gasteiger partial charge in [0.15, 0.2) is 0 Å². The number of nitrogens with zero attached hydrogens (tertiary/aromatic N) is 1. The van der Waals surface area contributed by atoms with E-state index in [1.54, 1.807) is 13.3 Å². The molecule has 0 atom stereocenters. The minimum absolute atomic E-state index is 0.495. The second kappa shape index (κ2) is 5.29. The van der Waals surface area contributed by atoms with Gasteiger partial charge in [-0.25, -0.2) is 0 Å². The van der Waals surface area contributed by atoms with Gasteiger partial charge in [0.25, 0.3) is 0 Å². The minimum Gasteiger partial charge on any atom is -0.497 e. The third-order valence-electron chi connectivity index (χ3n) is 2.50. The molecule has 0 aliphatic rings. The molecular weight excluding hydrogens is 280 g/mol. The predicted octanol–water partition coefficient (Wildman–Crippen LogP) is 2.98. The van der Waals surface area contributed by atoms with Crippen molar-refractivity contribution >= 4 is 15.9 Å². The van der Waals surface area contributed by atoms with E-state index in [-0.39, 0.29) is 0 Å². The Kier molecular flexibility index (Phi) is 3.76. The van der Waals surface area contributed by atoms with Crippen LogP contribution in [0, 0.1) is 0 Å². The van der Waals surface area contributed by atoms with Crippen LogP contribution < -0.4 is 10.5 Å². The molecule has 1 aromatic carbocycles. The van der Waals surface area contributed by atoms with Gasteiger partial charge in [0.2, 0.25) is 0 Å². The normalized spacial score (nSPS) is 10.3. The molecule has 0 saturated heterocycles. The number of hydrogen-bond acceptors (Lipinski definition) is 3. The molecular formula is C13H13BrN2O. The lowest BCUT2D eigenvalue weighted by atomic mass is 10.1. The number of aromatic nitrogens is 1. The SMILES string of the molecule is COc1ccc(-c2ncc(CN)cc2Br)cc1.